The number of carboxylic acid groups (broad SMARTS) is 1. The van der Waals surface area contributed by atoms with E-state index in [1.54, 1.807) is 6.92 Å². The van der Waals surface area contributed by atoms with Crippen LogP contribution in [0.3, 0.4) is 0 Å². The number of esters is 1. The largest absolute Gasteiger partial charge is 0.481 e. The van der Waals surface area contributed by atoms with E-state index in [1.165, 1.54) is 0 Å². The number of nitrogens with one attached hydrogen (secondary N) is 1. The molecule has 20 heavy (non-hydrogen) atoms. The van der Waals surface area contributed by atoms with Gasteiger partial charge in [-0.1, -0.05) is 12.8 Å². The van der Waals surface area contributed by atoms with Crippen LogP contribution in [0.1, 0.15) is 51.9 Å². The van der Waals surface area contributed by atoms with E-state index in [0.29, 0.717) is 6.61 Å². The van der Waals surface area contributed by atoms with Crippen LogP contribution in [0.25, 0.3) is 0 Å². The molecule has 1 aliphatic rings. The second-order valence-corrected chi connectivity index (χ2v) is 5.36. The summed E-state index contributed by atoms with van der Waals surface area (Å²) < 4.78 is 4.76. The van der Waals surface area contributed by atoms with Crippen LogP contribution in [-0.4, -0.2) is 36.1 Å². The number of hydrogen-bond acceptors (Lipinski definition) is 4. The summed E-state index contributed by atoms with van der Waals surface area (Å²) in [5, 5.41) is 11.6. The van der Waals surface area contributed by atoms with Gasteiger partial charge in [0.15, 0.2) is 0 Å². The Morgan fingerprint density at radius 1 is 1.20 bits per heavy atom. The Hall–Kier alpha value is -1.59. The molecule has 6 nitrogen and oxygen atoms in total. The highest BCUT2D eigenvalue weighted by atomic mass is 16.5. The van der Waals surface area contributed by atoms with Crippen molar-refractivity contribution in [2.75, 3.05) is 13.2 Å². The first-order chi connectivity index (χ1) is 9.47. The summed E-state index contributed by atoms with van der Waals surface area (Å²) >= 11 is 0. The highest BCUT2D eigenvalue weighted by molar-refractivity contribution is 5.79. The molecule has 0 aromatic rings. The van der Waals surface area contributed by atoms with E-state index < -0.39 is 11.4 Å². The normalized spacial score (nSPS) is 16.6. The lowest BCUT2D eigenvalue weighted by Crippen LogP contribution is -2.33. The lowest BCUT2D eigenvalue weighted by Gasteiger charge is -2.26. The Kier molecular flexibility index (Phi) is 6.48. The number of carbonyl (C=O) groups excluding carboxylic acids is 2. The topological polar surface area (TPSA) is 92.7 Å². The second kappa shape index (κ2) is 7.87. The number of rotatable bonds is 8. The van der Waals surface area contributed by atoms with Crippen molar-refractivity contribution >= 4 is 17.8 Å². The lowest BCUT2D eigenvalue weighted by atomic mass is 9.79. The van der Waals surface area contributed by atoms with Gasteiger partial charge in [-0.25, -0.2) is 0 Å². The van der Waals surface area contributed by atoms with E-state index in [-0.39, 0.29) is 37.7 Å². The van der Waals surface area contributed by atoms with Crippen LogP contribution in [0.4, 0.5) is 0 Å². The Labute approximate surface area is 118 Å². The van der Waals surface area contributed by atoms with Gasteiger partial charge in [0.1, 0.15) is 0 Å². The Morgan fingerprint density at radius 2 is 1.85 bits per heavy atom. The van der Waals surface area contributed by atoms with Crippen LogP contribution in [0.5, 0.6) is 0 Å². The Balaban J connectivity index is 2.35. The molecule has 114 valence electrons. The fraction of sp³-hybridized carbons (Fsp3) is 0.786. The van der Waals surface area contributed by atoms with Gasteiger partial charge in [-0.3, -0.25) is 14.4 Å². The molecule has 0 radical (unpaired) electrons. The fourth-order valence-electron chi connectivity index (χ4n) is 2.80. The van der Waals surface area contributed by atoms with Crippen LogP contribution in [0.2, 0.25) is 0 Å². The number of carboxylic acids is 1. The molecule has 0 aromatic carbocycles. The van der Waals surface area contributed by atoms with Gasteiger partial charge < -0.3 is 15.2 Å². The molecular weight excluding hydrogens is 262 g/mol. The van der Waals surface area contributed by atoms with Crippen LogP contribution in [-0.2, 0) is 19.1 Å². The zero-order chi connectivity index (χ0) is 15.0. The molecule has 0 aromatic heterocycles. The SMILES string of the molecule is CCOC(=O)CCNC(=O)CC1(CC(=O)O)CCCC1. The van der Waals surface area contributed by atoms with Crippen molar-refractivity contribution in [1.29, 1.82) is 0 Å². The molecule has 2 N–H and O–H groups in total. The second-order valence-electron chi connectivity index (χ2n) is 5.36. The first-order valence-corrected chi connectivity index (χ1v) is 7.11. The molecule has 1 rings (SSSR count). The van der Waals surface area contributed by atoms with E-state index in [4.69, 9.17) is 9.84 Å². The van der Waals surface area contributed by atoms with Gasteiger partial charge in [-0.2, -0.15) is 0 Å². The first-order valence-electron chi connectivity index (χ1n) is 7.11. The van der Waals surface area contributed by atoms with Crippen LogP contribution in [0.15, 0.2) is 0 Å². The van der Waals surface area contributed by atoms with Crippen molar-refractivity contribution in [3.8, 4) is 0 Å². The van der Waals surface area contributed by atoms with Crippen molar-refractivity contribution in [2.24, 2.45) is 5.41 Å². The number of hydrogen-bond donors (Lipinski definition) is 2. The molecule has 0 bridgehead atoms. The van der Waals surface area contributed by atoms with Crippen molar-refractivity contribution in [1.82, 2.24) is 5.32 Å². The van der Waals surface area contributed by atoms with Gasteiger partial charge in [-0.15, -0.1) is 0 Å². The fourth-order valence-corrected chi connectivity index (χ4v) is 2.80. The summed E-state index contributed by atoms with van der Waals surface area (Å²) in [6, 6.07) is 0. The minimum absolute atomic E-state index is 0.0400. The Bertz CT molecular complexity index is 361. The maximum absolute atomic E-state index is 11.9. The zero-order valence-corrected chi connectivity index (χ0v) is 11.9. The summed E-state index contributed by atoms with van der Waals surface area (Å²) in [6.45, 7) is 2.29. The van der Waals surface area contributed by atoms with Crippen molar-refractivity contribution in [2.45, 2.75) is 51.9 Å². The average molecular weight is 285 g/mol. The van der Waals surface area contributed by atoms with Gasteiger partial charge >= 0.3 is 11.9 Å². The zero-order valence-electron chi connectivity index (χ0n) is 11.9. The third-order valence-electron chi connectivity index (χ3n) is 3.68. The predicted molar refractivity (Wildman–Crippen MR) is 72.0 cm³/mol. The van der Waals surface area contributed by atoms with Gasteiger partial charge in [0.2, 0.25) is 5.91 Å². The molecule has 0 saturated heterocycles. The first kappa shape index (κ1) is 16.5. The van der Waals surface area contributed by atoms with E-state index in [1.807, 2.05) is 0 Å². The maximum atomic E-state index is 11.9. The lowest BCUT2D eigenvalue weighted by molar-refractivity contribution is -0.143. The summed E-state index contributed by atoms with van der Waals surface area (Å²) in [5.41, 5.74) is -0.403. The van der Waals surface area contributed by atoms with Crippen molar-refractivity contribution in [3.63, 3.8) is 0 Å². The average Bonchev–Trinajstić information content (AvgIpc) is 2.76. The molecule has 0 heterocycles. The minimum Gasteiger partial charge on any atom is -0.481 e. The molecule has 6 heteroatoms. The summed E-state index contributed by atoms with van der Waals surface area (Å²) in [5.74, 6) is -1.38. The molecule has 1 saturated carbocycles. The van der Waals surface area contributed by atoms with E-state index in [2.05, 4.69) is 5.32 Å². The minimum atomic E-state index is -0.855. The van der Waals surface area contributed by atoms with Crippen molar-refractivity contribution < 1.29 is 24.2 Å². The van der Waals surface area contributed by atoms with Gasteiger partial charge in [0.25, 0.3) is 0 Å². The highest BCUT2D eigenvalue weighted by Gasteiger charge is 2.37. The molecule has 1 fully saturated rings. The number of amides is 1. The quantitative estimate of drug-likeness (QED) is 0.659. The third-order valence-corrected chi connectivity index (χ3v) is 3.68. The molecular formula is C14H23NO5. The summed E-state index contributed by atoms with van der Waals surface area (Å²) in [7, 11) is 0. The molecule has 0 unspecified atom stereocenters. The number of ether oxygens (including phenoxy) is 1. The van der Waals surface area contributed by atoms with Crippen molar-refractivity contribution in [3.05, 3.63) is 0 Å². The van der Waals surface area contributed by atoms with Crippen LogP contribution < -0.4 is 5.32 Å². The molecule has 0 atom stereocenters. The Morgan fingerprint density at radius 3 is 2.40 bits per heavy atom. The van der Waals surface area contributed by atoms with Crippen LogP contribution in [0, 0.1) is 5.41 Å². The van der Waals surface area contributed by atoms with E-state index in [0.717, 1.165) is 25.7 Å². The summed E-state index contributed by atoms with van der Waals surface area (Å²) in [6.07, 6.45) is 3.92. The van der Waals surface area contributed by atoms with Gasteiger partial charge in [-0.05, 0) is 25.2 Å². The van der Waals surface area contributed by atoms with Gasteiger partial charge in [0.05, 0.1) is 19.4 Å². The number of carbonyl (C=O) groups is 3. The number of aliphatic carboxylic acids is 1. The van der Waals surface area contributed by atoms with Gasteiger partial charge in [0, 0.05) is 13.0 Å². The predicted octanol–water partition coefficient (Wildman–Crippen LogP) is 1.48. The molecule has 1 amide bonds. The molecule has 0 aliphatic heterocycles. The molecule has 1 aliphatic carbocycles. The third kappa shape index (κ3) is 5.59. The summed E-state index contributed by atoms with van der Waals surface area (Å²) in [4.78, 5) is 33.9. The monoisotopic (exact) mass is 285 g/mol. The van der Waals surface area contributed by atoms with E-state index >= 15 is 0 Å². The standard InChI is InChI=1S/C14H23NO5/c1-2-20-13(19)5-8-15-11(16)9-14(10-12(17)18)6-3-4-7-14/h2-10H2,1H3,(H,15,16)(H,17,18). The van der Waals surface area contributed by atoms with E-state index in [9.17, 15) is 14.4 Å². The maximum Gasteiger partial charge on any atom is 0.307 e. The molecule has 0 spiro atoms. The highest BCUT2D eigenvalue weighted by Crippen LogP contribution is 2.43. The smallest absolute Gasteiger partial charge is 0.307 e. The van der Waals surface area contributed by atoms with Crippen LogP contribution >= 0.6 is 0 Å².